The smallest absolute Gasteiger partial charge is 0.124 e. The van der Waals surface area contributed by atoms with Crippen LogP contribution in [0.15, 0.2) is 24.3 Å². The van der Waals surface area contributed by atoms with E-state index in [-0.39, 0.29) is 6.04 Å². The molecule has 0 heterocycles. The Labute approximate surface area is 91.2 Å². The Morgan fingerprint density at radius 3 is 2.67 bits per heavy atom. The first kappa shape index (κ1) is 12.0. The lowest BCUT2D eigenvalue weighted by molar-refractivity contribution is 0.171. The Kier molecular flexibility index (Phi) is 5.15. The van der Waals surface area contributed by atoms with Crippen molar-refractivity contribution in [2.75, 3.05) is 20.3 Å². The highest BCUT2D eigenvalue weighted by molar-refractivity contribution is 5.35. The van der Waals surface area contributed by atoms with Gasteiger partial charge in [0.2, 0.25) is 0 Å². The van der Waals surface area contributed by atoms with Crippen molar-refractivity contribution in [3.8, 4) is 5.75 Å². The Morgan fingerprint density at radius 2 is 2.00 bits per heavy atom. The number of hydrogen-bond acceptors (Lipinski definition) is 3. The van der Waals surface area contributed by atoms with Gasteiger partial charge in [-0.05, 0) is 13.0 Å². The van der Waals surface area contributed by atoms with Crippen LogP contribution in [0, 0.1) is 0 Å². The molecule has 0 aromatic heterocycles. The summed E-state index contributed by atoms with van der Waals surface area (Å²) < 4.78 is 10.6. The van der Waals surface area contributed by atoms with Crippen molar-refractivity contribution in [3.63, 3.8) is 0 Å². The van der Waals surface area contributed by atoms with E-state index in [1.807, 2.05) is 31.2 Å². The molecule has 1 rings (SSSR count). The molecule has 84 valence electrons. The zero-order chi connectivity index (χ0) is 11.1. The minimum atomic E-state index is 0.00336. The standard InChI is InChI=1S/C12H19NO2/c1-10(13)11-6-3-4-7-12(11)15-9-5-8-14-2/h3-4,6-7,10H,5,8-9,13H2,1-2H3/t10-/m0/s1. The number of benzene rings is 1. The molecule has 0 radical (unpaired) electrons. The van der Waals surface area contributed by atoms with E-state index >= 15 is 0 Å². The maximum absolute atomic E-state index is 5.84. The van der Waals surface area contributed by atoms with Gasteiger partial charge in [0, 0.05) is 31.7 Å². The molecule has 3 nitrogen and oxygen atoms in total. The van der Waals surface area contributed by atoms with Gasteiger partial charge in [-0.2, -0.15) is 0 Å². The highest BCUT2D eigenvalue weighted by Crippen LogP contribution is 2.23. The van der Waals surface area contributed by atoms with Crippen LogP contribution >= 0.6 is 0 Å². The molecule has 0 aliphatic rings. The van der Waals surface area contributed by atoms with Crippen LogP contribution in [-0.4, -0.2) is 20.3 Å². The molecule has 0 saturated carbocycles. The molecule has 0 amide bonds. The third kappa shape index (κ3) is 3.90. The van der Waals surface area contributed by atoms with E-state index in [0.717, 1.165) is 24.3 Å². The molecule has 1 atom stereocenters. The van der Waals surface area contributed by atoms with Crippen LogP contribution in [-0.2, 0) is 4.74 Å². The lowest BCUT2D eigenvalue weighted by atomic mass is 10.1. The Bertz CT molecular complexity index is 287. The third-order valence-corrected chi connectivity index (χ3v) is 2.16. The van der Waals surface area contributed by atoms with Crippen molar-refractivity contribution in [1.82, 2.24) is 0 Å². The number of nitrogens with two attached hydrogens (primary N) is 1. The van der Waals surface area contributed by atoms with Crippen LogP contribution in [0.5, 0.6) is 5.75 Å². The second kappa shape index (κ2) is 6.43. The molecule has 2 N–H and O–H groups in total. The Morgan fingerprint density at radius 1 is 1.27 bits per heavy atom. The molecule has 1 aromatic carbocycles. The fraction of sp³-hybridized carbons (Fsp3) is 0.500. The summed E-state index contributed by atoms with van der Waals surface area (Å²) in [6.45, 7) is 3.34. The van der Waals surface area contributed by atoms with Gasteiger partial charge in [-0.25, -0.2) is 0 Å². The first-order valence-corrected chi connectivity index (χ1v) is 5.22. The SMILES string of the molecule is COCCCOc1ccccc1[C@H](C)N. The van der Waals surface area contributed by atoms with Gasteiger partial charge in [0.1, 0.15) is 5.75 Å². The Hall–Kier alpha value is -1.06. The largest absolute Gasteiger partial charge is 0.493 e. The molecule has 15 heavy (non-hydrogen) atoms. The fourth-order valence-corrected chi connectivity index (χ4v) is 1.37. The van der Waals surface area contributed by atoms with Gasteiger partial charge in [0.05, 0.1) is 6.61 Å². The predicted octanol–water partition coefficient (Wildman–Crippen LogP) is 2.12. The maximum atomic E-state index is 5.84. The number of ether oxygens (including phenoxy) is 2. The van der Waals surface area contributed by atoms with E-state index in [1.165, 1.54) is 0 Å². The van der Waals surface area contributed by atoms with Gasteiger partial charge in [0.25, 0.3) is 0 Å². The van der Waals surface area contributed by atoms with E-state index < -0.39 is 0 Å². The molecule has 0 saturated heterocycles. The summed E-state index contributed by atoms with van der Waals surface area (Å²) in [6, 6.07) is 7.88. The molecule has 0 unspecified atom stereocenters. The van der Waals surface area contributed by atoms with Crippen LogP contribution in [0.2, 0.25) is 0 Å². The van der Waals surface area contributed by atoms with Crippen molar-refractivity contribution in [3.05, 3.63) is 29.8 Å². The molecule has 0 aliphatic heterocycles. The van der Waals surface area contributed by atoms with Gasteiger partial charge in [-0.1, -0.05) is 18.2 Å². The summed E-state index contributed by atoms with van der Waals surface area (Å²) in [7, 11) is 1.69. The number of hydrogen-bond donors (Lipinski definition) is 1. The number of para-hydroxylation sites is 1. The minimum Gasteiger partial charge on any atom is -0.493 e. The van der Waals surface area contributed by atoms with E-state index in [1.54, 1.807) is 7.11 Å². The molecular formula is C12H19NO2. The maximum Gasteiger partial charge on any atom is 0.124 e. The molecular weight excluding hydrogens is 190 g/mol. The Balaban J connectivity index is 2.52. The average molecular weight is 209 g/mol. The first-order chi connectivity index (χ1) is 7.25. The van der Waals surface area contributed by atoms with E-state index in [0.29, 0.717) is 6.61 Å². The van der Waals surface area contributed by atoms with Gasteiger partial charge in [-0.15, -0.1) is 0 Å². The van der Waals surface area contributed by atoms with Crippen molar-refractivity contribution in [2.24, 2.45) is 5.73 Å². The predicted molar refractivity (Wildman–Crippen MR) is 61.0 cm³/mol. The molecule has 0 aliphatic carbocycles. The number of methoxy groups -OCH3 is 1. The molecule has 0 bridgehead atoms. The first-order valence-electron chi connectivity index (χ1n) is 5.22. The minimum absolute atomic E-state index is 0.00336. The summed E-state index contributed by atoms with van der Waals surface area (Å²) in [6.07, 6.45) is 0.893. The number of rotatable bonds is 6. The van der Waals surface area contributed by atoms with E-state index in [9.17, 15) is 0 Å². The highest BCUT2D eigenvalue weighted by Gasteiger charge is 2.06. The summed E-state index contributed by atoms with van der Waals surface area (Å²) in [5, 5.41) is 0. The monoisotopic (exact) mass is 209 g/mol. The normalized spacial score (nSPS) is 12.5. The zero-order valence-electron chi connectivity index (χ0n) is 9.40. The van der Waals surface area contributed by atoms with Gasteiger partial charge in [0.15, 0.2) is 0 Å². The van der Waals surface area contributed by atoms with Crippen LogP contribution in [0.3, 0.4) is 0 Å². The van der Waals surface area contributed by atoms with E-state index in [4.69, 9.17) is 15.2 Å². The highest BCUT2D eigenvalue weighted by atomic mass is 16.5. The van der Waals surface area contributed by atoms with Crippen molar-refractivity contribution in [2.45, 2.75) is 19.4 Å². The summed E-state index contributed by atoms with van der Waals surface area (Å²) in [5.74, 6) is 0.878. The van der Waals surface area contributed by atoms with Crippen molar-refractivity contribution >= 4 is 0 Å². The summed E-state index contributed by atoms with van der Waals surface area (Å²) in [5.41, 5.74) is 6.89. The lowest BCUT2D eigenvalue weighted by Crippen LogP contribution is -2.09. The van der Waals surface area contributed by atoms with Crippen LogP contribution in [0.1, 0.15) is 24.9 Å². The van der Waals surface area contributed by atoms with Crippen LogP contribution in [0.25, 0.3) is 0 Å². The van der Waals surface area contributed by atoms with Crippen LogP contribution < -0.4 is 10.5 Å². The average Bonchev–Trinajstić information content (AvgIpc) is 2.25. The topological polar surface area (TPSA) is 44.5 Å². The molecule has 0 fully saturated rings. The van der Waals surface area contributed by atoms with E-state index in [2.05, 4.69) is 0 Å². The summed E-state index contributed by atoms with van der Waals surface area (Å²) in [4.78, 5) is 0. The third-order valence-electron chi connectivity index (χ3n) is 2.16. The van der Waals surface area contributed by atoms with Crippen molar-refractivity contribution < 1.29 is 9.47 Å². The lowest BCUT2D eigenvalue weighted by Gasteiger charge is -2.13. The summed E-state index contributed by atoms with van der Waals surface area (Å²) >= 11 is 0. The molecule has 0 spiro atoms. The zero-order valence-corrected chi connectivity index (χ0v) is 9.40. The second-order valence-electron chi connectivity index (χ2n) is 3.52. The van der Waals surface area contributed by atoms with Gasteiger partial charge >= 0.3 is 0 Å². The van der Waals surface area contributed by atoms with Crippen molar-refractivity contribution in [1.29, 1.82) is 0 Å². The fourth-order valence-electron chi connectivity index (χ4n) is 1.37. The van der Waals surface area contributed by atoms with Gasteiger partial charge < -0.3 is 15.2 Å². The quantitative estimate of drug-likeness (QED) is 0.730. The second-order valence-corrected chi connectivity index (χ2v) is 3.52. The van der Waals surface area contributed by atoms with Gasteiger partial charge in [-0.3, -0.25) is 0 Å². The molecule has 1 aromatic rings. The van der Waals surface area contributed by atoms with Crippen LogP contribution in [0.4, 0.5) is 0 Å². The molecule has 3 heteroatoms.